The third-order valence-corrected chi connectivity index (χ3v) is 5.73. The predicted octanol–water partition coefficient (Wildman–Crippen LogP) is 4.46. The van der Waals surface area contributed by atoms with E-state index in [4.69, 9.17) is 9.72 Å². The van der Waals surface area contributed by atoms with Crippen LogP contribution in [0.2, 0.25) is 0 Å². The topological polar surface area (TPSA) is 31.8 Å². The second-order valence-electron chi connectivity index (χ2n) is 7.97. The molecule has 0 radical (unpaired) electrons. The van der Waals surface area contributed by atoms with Crippen LogP contribution in [-0.4, -0.2) is 52.4 Å². The van der Waals surface area contributed by atoms with Gasteiger partial charge in [0.1, 0.15) is 0 Å². The normalized spacial score (nSPS) is 14.0. The van der Waals surface area contributed by atoms with Crippen LogP contribution in [0.1, 0.15) is 5.56 Å². The van der Waals surface area contributed by atoms with Gasteiger partial charge in [-0.25, -0.2) is 4.98 Å². The lowest BCUT2D eigenvalue weighted by atomic mass is 10.1. The highest BCUT2D eigenvalue weighted by molar-refractivity contribution is 5.77. The largest absolute Gasteiger partial charge is 0.481 e. The first-order chi connectivity index (χ1) is 14.5. The molecule has 1 aliphatic rings. The SMILES string of the molecule is COc1ccc(N2CCN(c3ccc(C)cc3)CC2)c(-c2ccc(N(C)C)cc2)n1. The number of methoxy groups -OCH3 is 1. The van der Waals surface area contributed by atoms with Gasteiger partial charge in [0.25, 0.3) is 0 Å². The summed E-state index contributed by atoms with van der Waals surface area (Å²) in [5, 5.41) is 0. The molecule has 1 saturated heterocycles. The van der Waals surface area contributed by atoms with E-state index in [0.717, 1.165) is 43.1 Å². The molecule has 1 aliphatic heterocycles. The number of hydrogen-bond acceptors (Lipinski definition) is 5. The van der Waals surface area contributed by atoms with Crippen LogP contribution >= 0.6 is 0 Å². The van der Waals surface area contributed by atoms with Gasteiger partial charge in [0.15, 0.2) is 0 Å². The molecule has 2 aromatic carbocycles. The Hall–Kier alpha value is -3.21. The van der Waals surface area contributed by atoms with Gasteiger partial charge in [-0.15, -0.1) is 0 Å². The molecule has 2 heterocycles. The zero-order valence-electron chi connectivity index (χ0n) is 18.3. The van der Waals surface area contributed by atoms with Gasteiger partial charge in [-0.3, -0.25) is 0 Å². The summed E-state index contributed by atoms with van der Waals surface area (Å²) >= 11 is 0. The van der Waals surface area contributed by atoms with Crippen molar-refractivity contribution in [3.63, 3.8) is 0 Å². The van der Waals surface area contributed by atoms with Crippen LogP contribution in [-0.2, 0) is 0 Å². The van der Waals surface area contributed by atoms with Gasteiger partial charge in [-0.1, -0.05) is 29.8 Å². The van der Waals surface area contributed by atoms with Crippen LogP contribution in [0.5, 0.6) is 5.88 Å². The molecule has 1 fully saturated rings. The van der Waals surface area contributed by atoms with E-state index in [2.05, 4.69) is 90.3 Å². The van der Waals surface area contributed by atoms with Gasteiger partial charge in [-0.2, -0.15) is 0 Å². The molecule has 4 rings (SSSR count). The number of anilines is 3. The van der Waals surface area contributed by atoms with Crippen LogP contribution < -0.4 is 19.4 Å². The average Bonchev–Trinajstić information content (AvgIpc) is 2.79. The number of rotatable bonds is 5. The standard InChI is InChI=1S/C25H30N4O/c1-19-5-9-22(10-6-19)28-15-17-29(18-16-28)23-13-14-24(30-4)26-25(23)20-7-11-21(12-8-20)27(2)3/h5-14H,15-18H2,1-4H3. The van der Waals surface area contributed by atoms with Crippen LogP contribution in [0.25, 0.3) is 11.3 Å². The van der Waals surface area contributed by atoms with E-state index in [9.17, 15) is 0 Å². The molecule has 0 aliphatic carbocycles. The van der Waals surface area contributed by atoms with Crippen molar-refractivity contribution in [2.24, 2.45) is 0 Å². The van der Waals surface area contributed by atoms with E-state index >= 15 is 0 Å². The van der Waals surface area contributed by atoms with E-state index in [1.54, 1.807) is 7.11 Å². The Morgan fingerprint density at radius 1 is 0.800 bits per heavy atom. The molecule has 3 aromatic rings. The zero-order valence-corrected chi connectivity index (χ0v) is 18.3. The van der Waals surface area contributed by atoms with Crippen molar-refractivity contribution in [1.82, 2.24) is 4.98 Å². The summed E-state index contributed by atoms with van der Waals surface area (Å²) in [5.74, 6) is 0.642. The van der Waals surface area contributed by atoms with Gasteiger partial charge in [0.2, 0.25) is 5.88 Å². The fourth-order valence-corrected chi connectivity index (χ4v) is 3.89. The first kappa shape index (κ1) is 20.1. The monoisotopic (exact) mass is 402 g/mol. The first-order valence-corrected chi connectivity index (χ1v) is 10.4. The Morgan fingerprint density at radius 3 is 2.03 bits per heavy atom. The van der Waals surface area contributed by atoms with E-state index in [0.29, 0.717) is 5.88 Å². The van der Waals surface area contributed by atoms with Crippen molar-refractivity contribution in [3.05, 3.63) is 66.2 Å². The third kappa shape index (κ3) is 4.20. The number of pyridine rings is 1. The van der Waals surface area contributed by atoms with Crippen molar-refractivity contribution >= 4 is 17.1 Å². The van der Waals surface area contributed by atoms with E-state index in [-0.39, 0.29) is 0 Å². The lowest BCUT2D eigenvalue weighted by molar-refractivity contribution is 0.398. The minimum absolute atomic E-state index is 0.642. The maximum Gasteiger partial charge on any atom is 0.213 e. The zero-order chi connectivity index (χ0) is 21.1. The summed E-state index contributed by atoms with van der Waals surface area (Å²) in [6.07, 6.45) is 0. The molecule has 0 N–H and O–H groups in total. The second kappa shape index (κ2) is 8.66. The van der Waals surface area contributed by atoms with Crippen LogP contribution in [0.3, 0.4) is 0 Å². The molecule has 30 heavy (non-hydrogen) atoms. The fourth-order valence-electron chi connectivity index (χ4n) is 3.89. The molecule has 0 saturated carbocycles. The van der Waals surface area contributed by atoms with Crippen LogP contribution in [0.15, 0.2) is 60.7 Å². The summed E-state index contributed by atoms with van der Waals surface area (Å²) in [5.41, 5.74) is 7.02. The molecular weight excluding hydrogens is 372 g/mol. The minimum Gasteiger partial charge on any atom is -0.481 e. The molecular formula is C25H30N4O. The number of aryl methyl sites for hydroxylation is 1. The second-order valence-corrected chi connectivity index (χ2v) is 7.97. The highest BCUT2D eigenvalue weighted by atomic mass is 16.5. The molecule has 0 spiro atoms. The lowest BCUT2D eigenvalue weighted by Crippen LogP contribution is -2.46. The quantitative estimate of drug-likeness (QED) is 0.629. The summed E-state index contributed by atoms with van der Waals surface area (Å²) in [7, 11) is 5.77. The summed E-state index contributed by atoms with van der Waals surface area (Å²) in [6.45, 7) is 6.04. The Balaban J connectivity index is 1.57. The highest BCUT2D eigenvalue weighted by Crippen LogP contribution is 2.33. The molecule has 0 amide bonds. The molecule has 156 valence electrons. The third-order valence-electron chi connectivity index (χ3n) is 5.73. The number of benzene rings is 2. The van der Waals surface area contributed by atoms with E-state index < -0.39 is 0 Å². The predicted molar refractivity (Wildman–Crippen MR) is 126 cm³/mol. The van der Waals surface area contributed by atoms with Crippen LogP contribution in [0.4, 0.5) is 17.1 Å². The van der Waals surface area contributed by atoms with Crippen molar-refractivity contribution in [1.29, 1.82) is 0 Å². The number of nitrogens with zero attached hydrogens (tertiary/aromatic N) is 4. The smallest absolute Gasteiger partial charge is 0.213 e. The number of piperazine rings is 1. The van der Waals surface area contributed by atoms with Crippen molar-refractivity contribution in [3.8, 4) is 17.1 Å². The number of hydrogen-bond donors (Lipinski definition) is 0. The maximum absolute atomic E-state index is 5.42. The van der Waals surface area contributed by atoms with Gasteiger partial charge in [-0.05, 0) is 37.3 Å². The van der Waals surface area contributed by atoms with E-state index in [1.165, 1.54) is 16.9 Å². The minimum atomic E-state index is 0.642. The van der Waals surface area contributed by atoms with Crippen molar-refractivity contribution < 1.29 is 4.74 Å². The number of aromatic nitrogens is 1. The highest BCUT2D eigenvalue weighted by Gasteiger charge is 2.21. The Labute approximate surface area is 179 Å². The Morgan fingerprint density at radius 2 is 1.43 bits per heavy atom. The van der Waals surface area contributed by atoms with E-state index in [1.807, 2.05) is 6.07 Å². The summed E-state index contributed by atoms with van der Waals surface area (Å²) in [4.78, 5) is 11.8. The van der Waals surface area contributed by atoms with Gasteiger partial charge < -0.3 is 19.4 Å². The maximum atomic E-state index is 5.42. The molecule has 0 atom stereocenters. The summed E-state index contributed by atoms with van der Waals surface area (Å²) < 4.78 is 5.42. The summed E-state index contributed by atoms with van der Waals surface area (Å²) in [6, 6.07) is 21.5. The fraction of sp³-hybridized carbons (Fsp3) is 0.320. The first-order valence-electron chi connectivity index (χ1n) is 10.4. The molecule has 5 heteroatoms. The molecule has 0 unspecified atom stereocenters. The molecule has 1 aromatic heterocycles. The van der Waals surface area contributed by atoms with Crippen LogP contribution in [0, 0.1) is 6.92 Å². The van der Waals surface area contributed by atoms with Gasteiger partial charge in [0, 0.05) is 63.3 Å². The van der Waals surface area contributed by atoms with Crippen molar-refractivity contribution in [2.75, 3.05) is 62.1 Å². The van der Waals surface area contributed by atoms with Crippen molar-refractivity contribution in [2.45, 2.75) is 6.92 Å². The molecule has 0 bridgehead atoms. The lowest BCUT2D eigenvalue weighted by Gasteiger charge is -2.38. The Bertz CT molecular complexity index is 975. The van der Waals surface area contributed by atoms with Gasteiger partial charge in [0.05, 0.1) is 18.5 Å². The average molecular weight is 403 g/mol. The number of ether oxygens (including phenoxy) is 1. The van der Waals surface area contributed by atoms with Gasteiger partial charge >= 0.3 is 0 Å². The molecule has 5 nitrogen and oxygen atoms in total. The Kier molecular flexibility index (Phi) is 5.79.